The van der Waals surface area contributed by atoms with E-state index in [1.54, 1.807) is 41.4 Å². The average Bonchev–Trinajstić information content (AvgIpc) is 3.26. The van der Waals surface area contributed by atoms with Gasteiger partial charge >= 0.3 is 0 Å². The van der Waals surface area contributed by atoms with Crippen molar-refractivity contribution in [2.75, 3.05) is 5.32 Å². The molecule has 2 aromatic carbocycles. The number of amides is 1. The fourth-order valence-electron chi connectivity index (χ4n) is 4.15. The SMILES string of the molecule is O=C(Nc1ccc(C2OC(Cn3cnc(Cl)c3Cl)CC(c3ccc(CO)cc3)O2)cc1)c1cccnc1. The molecule has 3 heterocycles. The lowest BCUT2D eigenvalue weighted by Crippen LogP contribution is -2.32. The number of aliphatic hydroxyl groups is 1. The number of ether oxygens (including phenoxy) is 2. The lowest BCUT2D eigenvalue weighted by molar-refractivity contribution is -0.252. The molecule has 4 aromatic rings. The maximum absolute atomic E-state index is 12.4. The monoisotopic (exact) mass is 538 g/mol. The third-order valence-corrected chi connectivity index (χ3v) is 6.88. The van der Waals surface area contributed by atoms with Crippen molar-refractivity contribution in [3.05, 3.63) is 112 Å². The third-order valence-electron chi connectivity index (χ3n) is 6.11. The van der Waals surface area contributed by atoms with Gasteiger partial charge in [-0.3, -0.25) is 9.78 Å². The Bertz CT molecular complexity index is 1350. The van der Waals surface area contributed by atoms with Crippen molar-refractivity contribution in [1.29, 1.82) is 0 Å². The first-order chi connectivity index (χ1) is 18.0. The van der Waals surface area contributed by atoms with Crippen molar-refractivity contribution >= 4 is 34.8 Å². The van der Waals surface area contributed by atoms with E-state index in [0.717, 1.165) is 16.7 Å². The Labute approximate surface area is 223 Å². The number of hydrogen-bond acceptors (Lipinski definition) is 6. The van der Waals surface area contributed by atoms with Crippen LogP contribution in [0.25, 0.3) is 0 Å². The highest BCUT2D eigenvalue weighted by atomic mass is 35.5. The zero-order chi connectivity index (χ0) is 25.8. The number of pyridine rings is 1. The number of nitrogens with one attached hydrogen (secondary N) is 1. The molecule has 0 aliphatic carbocycles. The minimum absolute atomic E-state index is 0.0241. The number of carbonyl (C=O) groups excluding carboxylic acids is 1. The number of hydrogen-bond donors (Lipinski definition) is 2. The maximum atomic E-state index is 12.4. The van der Waals surface area contributed by atoms with E-state index in [0.29, 0.717) is 29.4 Å². The Morgan fingerprint density at radius 1 is 1.05 bits per heavy atom. The average molecular weight is 539 g/mol. The van der Waals surface area contributed by atoms with Crippen molar-refractivity contribution in [3.63, 3.8) is 0 Å². The summed E-state index contributed by atoms with van der Waals surface area (Å²) in [6.45, 7) is 0.423. The van der Waals surface area contributed by atoms with E-state index >= 15 is 0 Å². The molecule has 0 saturated carbocycles. The number of carbonyl (C=O) groups is 1. The van der Waals surface area contributed by atoms with Gasteiger partial charge in [-0.2, -0.15) is 0 Å². The van der Waals surface area contributed by atoms with Gasteiger partial charge in [0.15, 0.2) is 11.4 Å². The van der Waals surface area contributed by atoms with Crippen LogP contribution in [0.5, 0.6) is 0 Å². The second-order valence-corrected chi connectivity index (χ2v) is 9.36. The van der Waals surface area contributed by atoms with E-state index in [-0.39, 0.29) is 29.9 Å². The summed E-state index contributed by atoms with van der Waals surface area (Å²) < 4.78 is 14.4. The van der Waals surface area contributed by atoms with Crippen LogP contribution in [0.4, 0.5) is 5.69 Å². The van der Waals surface area contributed by atoms with Crippen LogP contribution >= 0.6 is 23.2 Å². The number of imidazole rings is 1. The molecule has 1 amide bonds. The quantitative estimate of drug-likeness (QED) is 0.319. The summed E-state index contributed by atoms with van der Waals surface area (Å²) in [6.07, 6.45) is 4.16. The van der Waals surface area contributed by atoms with Crippen LogP contribution < -0.4 is 5.32 Å². The summed E-state index contributed by atoms with van der Waals surface area (Å²) in [5.41, 5.74) is 3.72. The minimum Gasteiger partial charge on any atom is -0.392 e. The van der Waals surface area contributed by atoms with Gasteiger partial charge in [-0.1, -0.05) is 59.6 Å². The van der Waals surface area contributed by atoms with Crippen LogP contribution in [0.15, 0.2) is 79.4 Å². The third kappa shape index (κ3) is 6.01. The molecule has 8 nitrogen and oxygen atoms in total. The van der Waals surface area contributed by atoms with Crippen LogP contribution in [0.2, 0.25) is 10.3 Å². The predicted molar refractivity (Wildman–Crippen MR) is 139 cm³/mol. The zero-order valence-electron chi connectivity index (χ0n) is 19.6. The highest BCUT2D eigenvalue weighted by molar-refractivity contribution is 6.40. The summed E-state index contributed by atoms with van der Waals surface area (Å²) in [7, 11) is 0. The molecule has 1 saturated heterocycles. The second kappa shape index (κ2) is 11.4. The van der Waals surface area contributed by atoms with Gasteiger partial charge < -0.3 is 24.5 Å². The number of benzene rings is 2. The molecule has 1 aliphatic heterocycles. The Morgan fingerprint density at radius 3 is 2.46 bits per heavy atom. The fourth-order valence-corrected chi connectivity index (χ4v) is 4.46. The second-order valence-electron chi connectivity index (χ2n) is 8.65. The van der Waals surface area contributed by atoms with E-state index in [4.69, 9.17) is 32.7 Å². The molecule has 1 fully saturated rings. The minimum atomic E-state index is -0.651. The first kappa shape index (κ1) is 25.4. The number of nitrogens with zero attached hydrogens (tertiary/aromatic N) is 3. The largest absolute Gasteiger partial charge is 0.392 e. The van der Waals surface area contributed by atoms with Crippen LogP contribution in [0.1, 0.15) is 45.9 Å². The summed E-state index contributed by atoms with van der Waals surface area (Å²) in [5.74, 6) is -0.242. The maximum Gasteiger partial charge on any atom is 0.257 e. The van der Waals surface area contributed by atoms with Crippen molar-refractivity contribution in [2.45, 2.75) is 38.1 Å². The standard InChI is InChI=1S/C27H24Cl2N4O4/c28-24-25(29)33(16-31-24)14-22-12-23(18-5-3-17(15-34)4-6-18)37-27(36-22)19-7-9-21(10-8-19)32-26(35)20-2-1-11-30-13-20/h1-11,13,16,22-23,27,34H,12,14-15H2,(H,32,35). The van der Waals surface area contributed by atoms with Gasteiger partial charge in [-0.25, -0.2) is 4.98 Å². The van der Waals surface area contributed by atoms with Gasteiger partial charge in [0.05, 0.1) is 37.3 Å². The van der Waals surface area contributed by atoms with Crippen molar-refractivity contribution in [1.82, 2.24) is 14.5 Å². The first-order valence-corrected chi connectivity index (χ1v) is 12.4. The van der Waals surface area contributed by atoms with E-state index in [2.05, 4.69) is 15.3 Å². The normalized spacial score (nSPS) is 19.5. The molecule has 2 N–H and O–H groups in total. The van der Waals surface area contributed by atoms with Crippen molar-refractivity contribution in [3.8, 4) is 0 Å². The smallest absolute Gasteiger partial charge is 0.257 e. The van der Waals surface area contributed by atoms with E-state index in [1.165, 1.54) is 6.20 Å². The number of anilines is 1. The fraction of sp³-hybridized carbons (Fsp3) is 0.222. The van der Waals surface area contributed by atoms with Crippen molar-refractivity contribution < 1.29 is 19.4 Å². The van der Waals surface area contributed by atoms with E-state index in [9.17, 15) is 9.90 Å². The van der Waals surface area contributed by atoms with E-state index < -0.39 is 6.29 Å². The molecule has 1 aliphatic rings. The molecule has 2 aromatic heterocycles. The Hall–Kier alpha value is -3.27. The van der Waals surface area contributed by atoms with Crippen molar-refractivity contribution in [2.24, 2.45) is 0 Å². The molecule has 190 valence electrons. The van der Waals surface area contributed by atoms with Crippen LogP contribution in [-0.2, 0) is 22.6 Å². The van der Waals surface area contributed by atoms with E-state index in [1.807, 2.05) is 36.4 Å². The highest BCUT2D eigenvalue weighted by Gasteiger charge is 2.33. The molecule has 10 heteroatoms. The van der Waals surface area contributed by atoms with Gasteiger partial charge in [-0.15, -0.1) is 0 Å². The molecule has 3 atom stereocenters. The Morgan fingerprint density at radius 2 is 1.81 bits per heavy atom. The Balaban J connectivity index is 1.35. The topological polar surface area (TPSA) is 98.5 Å². The number of halogens is 2. The molecule has 5 rings (SSSR count). The predicted octanol–water partition coefficient (Wildman–Crippen LogP) is 5.58. The molecule has 37 heavy (non-hydrogen) atoms. The molecular weight excluding hydrogens is 515 g/mol. The van der Waals surface area contributed by atoms with Crippen LogP contribution in [0, 0.1) is 0 Å². The summed E-state index contributed by atoms with van der Waals surface area (Å²) in [6, 6.07) is 18.4. The number of rotatable bonds is 7. The zero-order valence-corrected chi connectivity index (χ0v) is 21.1. The molecule has 0 radical (unpaired) electrons. The summed E-state index contributed by atoms with van der Waals surface area (Å²) >= 11 is 12.3. The lowest BCUT2D eigenvalue weighted by atomic mass is 10.00. The summed E-state index contributed by atoms with van der Waals surface area (Å²) in [5, 5.41) is 12.9. The van der Waals surface area contributed by atoms with Gasteiger partial charge in [0.25, 0.3) is 5.91 Å². The van der Waals surface area contributed by atoms with Crippen LogP contribution in [-0.4, -0.2) is 31.7 Å². The first-order valence-electron chi connectivity index (χ1n) is 11.7. The number of aliphatic hydroxyl groups excluding tert-OH is 1. The molecular formula is C27H24Cl2N4O4. The molecule has 0 spiro atoms. The van der Waals surface area contributed by atoms with Gasteiger partial charge in [0.1, 0.15) is 5.15 Å². The highest BCUT2D eigenvalue weighted by Crippen LogP contribution is 2.39. The van der Waals surface area contributed by atoms with Crippen LogP contribution in [0.3, 0.4) is 0 Å². The summed E-state index contributed by atoms with van der Waals surface area (Å²) in [4.78, 5) is 20.5. The van der Waals surface area contributed by atoms with Gasteiger partial charge in [0, 0.05) is 30.1 Å². The lowest BCUT2D eigenvalue weighted by Gasteiger charge is -2.36. The Kier molecular flexibility index (Phi) is 7.83. The molecule has 0 bridgehead atoms. The van der Waals surface area contributed by atoms with Gasteiger partial charge in [-0.05, 0) is 35.4 Å². The van der Waals surface area contributed by atoms with Gasteiger partial charge in [0.2, 0.25) is 0 Å². The number of aromatic nitrogens is 3. The molecule has 3 unspecified atom stereocenters.